The number of hydrogen-bond donors (Lipinski definition) is 1. The molecule has 0 aliphatic carbocycles. The van der Waals surface area contributed by atoms with Gasteiger partial charge in [-0.05, 0) is 26.1 Å². The summed E-state index contributed by atoms with van der Waals surface area (Å²) in [6.07, 6.45) is 2.07. The molecule has 1 aromatic carbocycles. The number of aryl methyl sites for hydroxylation is 1. The third-order valence-corrected chi connectivity index (χ3v) is 2.88. The standard InChI is InChI=1S/C14H20N4/c1-12-11-18(13-7-5-4-6-8-13)14(16-12)17(3)10-9-15-2/h4-8,11,15H,9-10H2,1-3H3. The van der Waals surface area contributed by atoms with E-state index in [4.69, 9.17) is 0 Å². The second-order valence-corrected chi connectivity index (χ2v) is 4.41. The SMILES string of the molecule is CNCCN(C)c1nc(C)cn1-c1ccccc1. The van der Waals surface area contributed by atoms with Gasteiger partial charge >= 0.3 is 0 Å². The van der Waals surface area contributed by atoms with Crippen molar-refractivity contribution in [1.29, 1.82) is 0 Å². The quantitative estimate of drug-likeness (QED) is 0.871. The smallest absolute Gasteiger partial charge is 0.210 e. The number of likely N-dealkylation sites (N-methyl/N-ethyl adjacent to an activating group) is 2. The van der Waals surface area contributed by atoms with Crippen LogP contribution in [0.2, 0.25) is 0 Å². The van der Waals surface area contributed by atoms with Crippen LogP contribution in [0.4, 0.5) is 5.95 Å². The van der Waals surface area contributed by atoms with Crippen LogP contribution in [-0.2, 0) is 0 Å². The molecule has 1 aromatic heterocycles. The van der Waals surface area contributed by atoms with Gasteiger partial charge in [0.05, 0.1) is 5.69 Å². The number of aromatic nitrogens is 2. The van der Waals surface area contributed by atoms with Gasteiger partial charge in [-0.25, -0.2) is 4.98 Å². The predicted octanol–water partition coefficient (Wildman–Crippen LogP) is 1.84. The molecule has 18 heavy (non-hydrogen) atoms. The van der Waals surface area contributed by atoms with Crippen LogP contribution in [0.3, 0.4) is 0 Å². The molecule has 4 heteroatoms. The van der Waals surface area contributed by atoms with Crippen LogP contribution in [0, 0.1) is 6.92 Å². The van der Waals surface area contributed by atoms with E-state index in [-0.39, 0.29) is 0 Å². The molecular formula is C14H20N4. The summed E-state index contributed by atoms with van der Waals surface area (Å²) in [6, 6.07) is 10.3. The molecule has 0 aliphatic rings. The van der Waals surface area contributed by atoms with Crippen LogP contribution in [0.1, 0.15) is 5.69 Å². The summed E-state index contributed by atoms with van der Waals surface area (Å²) in [6.45, 7) is 3.89. The molecule has 0 bridgehead atoms. The number of nitrogens with one attached hydrogen (secondary N) is 1. The second-order valence-electron chi connectivity index (χ2n) is 4.41. The van der Waals surface area contributed by atoms with E-state index in [2.05, 4.69) is 45.1 Å². The van der Waals surface area contributed by atoms with Gasteiger partial charge in [-0.2, -0.15) is 0 Å². The average Bonchev–Trinajstić information content (AvgIpc) is 2.79. The van der Waals surface area contributed by atoms with Crippen molar-refractivity contribution in [3.05, 3.63) is 42.2 Å². The first-order valence-corrected chi connectivity index (χ1v) is 6.19. The van der Waals surface area contributed by atoms with Crippen molar-refractivity contribution in [3.63, 3.8) is 0 Å². The van der Waals surface area contributed by atoms with E-state index in [1.54, 1.807) is 0 Å². The summed E-state index contributed by atoms with van der Waals surface area (Å²) in [5.41, 5.74) is 2.18. The minimum Gasteiger partial charge on any atom is -0.344 e. The fraction of sp³-hybridized carbons (Fsp3) is 0.357. The molecule has 4 nitrogen and oxygen atoms in total. The Kier molecular flexibility index (Phi) is 3.99. The fourth-order valence-electron chi connectivity index (χ4n) is 1.91. The number of nitrogens with zero attached hydrogens (tertiary/aromatic N) is 3. The molecule has 1 N–H and O–H groups in total. The van der Waals surface area contributed by atoms with E-state index in [0.29, 0.717) is 0 Å². The summed E-state index contributed by atoms with van der Waals surface area (Å²) >= 11 is 0. The summed E-state index contributed by atoms with van der Waals surface area (Å²) in [4.78, 5) is 6.76. The Morgan fingerprint density at radius 2 is 2.00 bits per heavy atom. The molecule has 0 aliphatic heterocycles. The van der Waals surface area contributed by atoms with Gasteiger partial charge < -0.3 is 10.2 Å². The summed E-state index contributed by atoms with van der Waals surface area (Å²) in [7, 11) is 4.03. The lowest BCUT2D eigenvalue weighted by Crippen LogP contribution is -2.29. The number of hydrogen-bond acceptors (Lipinski definition) is 3. The normalized spacial score (nSPS) is 10.6. The molecule has 0 amide bonds. The topological polar surface area (TPSA) is 33.1 Å². The zero-order valence-corrected chi connectivity index (χ0v) is 11.2. The van der Waals surface area contributed by atoms with Crippen LogP contribution in [0.15, 0.2) is 36.5 Å². The Bertz CT molecular complexity index is 490. The zero-order chi connectivity index (χ0) is 13.0. The maximum atomic E-state index is 4.60. The first-order valence-electron chi connectivity index (χ1n) is 6.19. The third-order valence-electron chi connectivity index (χ3n) is 2.88. The minimum absolute atomic E-state index is 0.930. The highest BCUT2D eigenvalue weighted by molar-refractivity contribution is 5.44. The molecule has 0 atom stereocenters. The zero-order valence-electron chi connectivity index (χ0n) is 11.2. The number of anilines is 1. The van der Waals surface area contributed by atoms with Gasteiger partial charge in [0.15, 0.2) is 0 Å². The summed E-state index contributed by atoms with van der Waals surface area (Å²) in [5.74, 6) is 0.981. The number of rotatable bonds is 5. The van der Waals surface area contributed by atoms with Crippen molar-refractivity contribution in [2.24, 2.45) is 0 Å². The second kappa shape index (κ2) is 5.69. The molecule has 0 unspecified atom stereocenters. The Morgan fingerprint density at radius 1 is 1.28 bits per heavy atom. The highest BCUT2D eigenvalue weighted by atomic mass is 15.3. The van der Waals surface area contributed by atoms with Crippen molar-refractivity contribution in [3.8, 4) is 5.69 Å². The van der Waals surface area contributed by atoms with Crippen molar-refractivity contribution in [2.75, 3.05) is 32.1 Å². The first kappa shape index (κ1) is 12.6. The highest BCUT2D eigenvalue weighted by Gasteiger charge is 2.11. The predicted molar refractivity (Wildman–Crippen MR) is 75.5 cm³/mol. The molecule has 2 aromatic rings. The molecule has 0 fully saturated rings. The minimum atomic E-state index is 0.930. The molecule has 2 rings (SSSR count). The summed E-state index contributed by atoms with van der Waals surface area (Å²) < 4.78 is 2.13. The fourth-order valence-corrected chi connectivity index (χ4v) is 1.91. The Morgan fingerprint density at radius 3 is 2.67 bits per heavy atom. The van der Waals surface area contributed by atoms with E-state index in [1.165, 1.54) is 0 Å². The largest absolute Gasteiger partial charge is 0.344 e. The maximum absolute atomic E-state index is 4.60. The Labute approximate surface area is 108 Å². The van der Waals surface area contributed by atoms with Gasteiger partial charge in [-0.1, -0.05) is 18.2 Å². The van der Waals surface area contributed by atoms with Crippen molar-refractivity contribution < 1.29 is 0 Å². The lowest BCUT2D eigenvalue weighted by Gasteiger charge is -2.19. The monoisotopic (exact) mass is 244 g/mol. The number of imidazole rings is 1. The van der Waals surface area contributed by atoms with Gasteiger partial charge in [-0.3, -0.25) is 4.57 Å². The van der Waals surface area contributed by atoms with Crippen LogP contribution in [-0.4, -0.2) is 36.7 Å². The Hall–Kier alpha value is -1.81. The Balaban J connectivity index is 2.31. The lowest BCUT2D eigenvalue weighted by atomic mass is 10.3. The van der Waals surface area contributed by atoms with E-state index in [0.717, 1.165) is 30.4 Å². The average molecular weight is 244 g/mol. The van der Waals surface area contributed by atoms with Crippen LogP contribution < -0.4 is 10.2 Å². The maximum Gasteiger partial charge on any atom is 0.210 e. The molecule has 0 saturated heterocycles. The molecule has 1 heterocycles. The van der Waals surface area contributed by atoms with Crippen LogP contribution in [0.25, 0.3) is 5.69 Å². The number of benzene rings is 1. The highest BCUT2D eigenvalue weighted by Crippen LogP contribution is 2.18. The third kappa shape index (κ3) is 2.71. The van der Waals surface area contributed by atoms with Crippen molar-refractivity contribution in [2.45, 2.75) is 6.92 Å². The van der Waals surface area contributed by atoms with Gasteiger partial charge in [0, 0.05) is 32.0 Å². The molecule has 96 valence electrons. The first-order chi connectivity index (χ1) is 8.72. The van der Waals surface area contributed by atoms with Crippen LogP contribution >= 0.6 is 0 Å². The lowest BCUT2D eigenvalue weighted by molar-refractivity contribution is 0.748. The van der Waals surface area contributed by atoms with E-state index < -0.39 is 0 Å². The van der Waals surface area contributed by atoms with E-state index in [9.17, 15) is 0 Å². The van der Waals surface area contributed by atoms with Gasteiger partial charge in [-0.15, -0.1) is 0 Å². The van der Waals surface area contributed by atoms with E-state index in [1.807, 2.05) is 32.2 Å². The molecule has 0 radical (unpaired) electrons. The van der Waals surface area contributed by atoms with Gasteiger partial charge in [0.25, 0.3) is 0 Å². The van der Waals surface area contributed by atoms with E-state index >= 15 is 0 Å². The van der Waals surface area contributed by atoms with Crippen LogP contribution in [0.5, 0.6) is 0 Å². The van der Waals surface area contributed by atoms with Crippen molar-refractivity contribution >= 4 is 5.95 Å². The molecule has 0 saturated carbocycles. The summed E-state index contributed by atoms with van der Waals surface area (Å²) in [5, 5.41) is 3.16. The van der Waals surface area contributed by atoms with Crippen molar-refractivity contribution in [1.82, 2.24) is 14.9 Å². The van der Waals surface area contributed by atoms with Gasteiger partial charge in [0.2, 0.25) is 5.95 Å². The molecule has 0 spiro atoms. The number of para-hydroxylation sites is 1. The molecular weight excluding hydrogens is 224 g/mol. The van der Waals surface area contributed by atoms with Gasteiger partial charge in [0.1, 0.15) is 0 Å².